The van der Waals surface area contributed by atoms with Gasteiger partial charge in [-0.05, 0) is 42.9 Å². The van der Waals surface area contributed by atoms with Crippen molar-refractivity contribution in [3.63, 3.8) is 0 Å². The number of benzene rings is 1. The van der Waals surface area contributed by atoms with Crippen LogP contribution in [0.4, 0.5) is 4.39 Å². The minimum absolute atomic E-state index is 0.250. The predicted octanol–water partition coefficient (Wildman–Crippen LogP) is 2.91. The Morgan fingerprint density at radius 2 is 2.30 bits per heavy atom. The number of halogens is 1. The maximum Gasteiger partial charge on any atom is 0.328 e. The number of carbonyl (C=O) groups is 1. The van der Waals surface area contributed by atoms with Crippen molar-refractivity contribution < 1.29 is 14.3 Å². The van der Waals surface area contributed by atoms with Crippen LogP contribution in [-0.2, 0) is 11.3 Å². The second kappa shape index (κ2) is 5.37. The van der Waals surface area contributed by atoms with Gasteiger partial charge in [0.2, 0.25) is 0 Å². The summed E-state index contributed by atoms with van der Waals surface area (Å²) in [5, 5.41) is 8.56. The molecule has 1 aromatic rings. The number of hydrogen-bond donors (Lipinski definition) is 1. The molecule has 106 valence electrons. The molecule has 2 unspecified atom stereocenters. The predicted molar refractivity (Wildman–Crippen MR) is 74.6 cm³/mol. The minimum Gasteiger partial charge on any atom is -0.478 e. The molecular formula is C16H18FNO2. The zero-order valence-corrected chi connectivity index (χ0v) is 11.3. The van der Waals surface area contributed by atoms with Crippen LogP contribution in [0.5, 0.6) is 0 Å². The SMILES string of the molecule is O=C(O)C=Cc1ccc(CN2CC3CCC2C3)c(F)c1. The van der Waals surface area contributed by atoms with E-state index in [4.69, 9.17) is 5.11 Å². The Balaban J connectivity index is 1.70. The first-order valence-corrected chi connectivity index (χ1v) is 7.05. The Kier molecular flexibility index (Phi) is 3.57. The lowest BCUT2D eigenvalue weighted by Crippen LogP contribution is -2.31. The summed E-state index contributed by atoms with van der Waals surface area (Å²) in [5.74, 6) is -0.469. The van der Waals surface area contributed by atoms with E-state index < -0.39 is 5.97 Å². The summed E-state index contributed by atoms with van der Waals surface area (Å²) >= 11 is 0. The maximum atomic E-state index is 14.1. The van der Waals surface area contributed by atoms with Crippen LogP contribution in [0.25, 0.3) is 6.08 Å². The second-order valence-electron chi connectivity index (χ2n) is 5.78. The van der Waals surface area contributed by atoms with Gasteiger partial charge in [-0.1, -0.05) is 12.1 Å². The molecule has 3 rings (SSSR count). The highest BCUT2D eigenvalue weighted by atomic mass is 19.1. The smallest absolute Gasteiger partial charge is 0.328 e. The van der Waals surface area contributed by atoms with Crippen LogP contribution in [0.3, 0.4) is 0 Å². The molecule has 1 aliphatic carbocycles. The Bertz CT molecular complexity index is 555. The molecule has 1 aliphatic heterocycles. The van der Waals surface area contributed by atoms with Crippen molar-refractivity contribution in [2.24, 2.45) is 5.92 Å². The molecule has 1 saturated heterocycles. The summed E-state index contributed by atoms with van der Waals surface area (Å²) < 4.78 is 14.1. The third kappa shape index (κ3) is 2.75. The molecule has 1 N–H and O–H groups in total. The lowest BCUT2D eigenvalue weighted by atomic mass is 10.1. The molecule has 1 saturated carbocycles. The molecule has 20 heavy (non-hydrogen) atoms. The van der Waals surface area contributed by atoms with Crippen LogP contribution in [0.1, 0.15) is 30.4 Å². The summed E-state index contributed by atoms with van der Waals surface area (Å²) in [6.07, 6.45) is 6.26. The molecule has 1 aromatic carbocycles. The molecule has 1 heterocycles. The fourth-order valence-electron chi connectivity index (χ4n) is 3.40. The summed E-state index contributed by atoms with van der Waals surface area (Å²) in [5.41, 5.74) is 1.28. The van der Waals surface area contributed by atoms with E-state index in [1.54, 1.807) is 12.1 Å². The fraction of sp³-hybridized carbons (Fsp3) is 0.438. The van der Waals surface area contributed by atoms with E-state index >= 15 is 0 Å². The van der Waals surface area contributed by atoms with Crippen molar-refractivity contribution in [2.75, 3.05) is 6.54 Å². The van der Waals surface area contributed by atoms with Crippen LogP contribution in [0.15, 0.2) is 24.3 Å². The first kappa shape index (κ1) is 13.3. The molecule has 2 aliphatic rings. The first-order valence-electron chi connectivity index (χ1n) is 7.05. The lowest BCUT2D eigenvalue weighted by Gasteiger charge is -2.26. The Labute approximate surface area is 117 Å². The number of likely N-dealkylation sites (tertiary alicyclic amines) is 1. The number of nitrogens with zero attached hydrogens (tertiary/aromatic N) is 1. The normalized spacial score (nSPS) is 25.6. The summed E-state index contributed by atoms with van der Waals surface area (Å²) in [6, 6.07) is 5.57. The monoisotopic (exact) mass is 275 g/mol. The highest BCUT2D eigenvalue weighted by molar-refractivity contribution is 5.85. The summed E-state index contributed by atoms with van der Waals surface area (Å²) in [4.78, 5) is 12.8. The highest BCUT2D eigenvalue weighted by Gasteiger charge is 2.37. The van der Waals surface area contributed by atoms with Crippen LogP contribution < -0.4 is 0 Å². The summed E-state index contributed by atoms with van der Waals surface area (Å²) in [7, 11) is 0. The van der Waals surface area contributed by atoms with Gasteiger partial charge in [0.1, 0.15) is 5.82 Å². The van der Waals surface area contributed by atoms with Crippen molar-refractivity contribution in [3.8, 4) is 0 Å². The summed E-state index contributed by atoms with van der Waals surface area (Å²) in [6.45, 7) is 1.75. The quantitative estimate of drug-likeness (QED) is 0.859. The highest BCUT2D eigenvalue weighted by Crippen LogP contribution is 2.38. The number of carboxylic acid groups (broad SMARTS) is 1. The molecule has 4 heteroatoms. The van der Waals surface area contributed by atoms with Crippen LogP contribution in [0.2, 0.25) is 0 Å². The van der Waals surface area contributed by atoms with Crippen molar-refractivity contribution in [3.05, 3.63) is 41.2 Å². The van der Waals surface area contributed by atoms with Crippen LogP contribution in [0, 0.1) is 11.7 Å². The van der Waals surface area contributed by atoms with Gasteiger partial charge in [0, 0.05) is 30.8 Å². The van der Waals surface area contributed by atoms with Gasteiger partial charge in [-0.2, -0.15) is 0 Å². The molecular weight excluding hydrogens is 257 g/mol. The number of aliphatic carboxylic acids is 1. The number of carboxylic acids is 1. The van der Waals surface area contributed by atoms with Gasteiger partial charge in [0.05, 0.1) is 0 Å². The average molecular weight is 275 g/mol. The van der Waals surface area contributed by atoms with E-state index in [-0.39, 0.29) is 5.82 Å². The van der Waals surface area contributed by atoms with E-state index in [1.807, 2.05) is 0 Å². The largest absolute Gasteiger partial charge is 0.478 e. The second-order valence-corrected chi connectivity index (χ2v) is 5.78. The molecule has 2 atom stereocenters. The van der Waals surface area contributed by atoms with Gasteiger partial charge in [-0.15, -0.1) is 0 Å². The zero-order chi connectivity index (χ0) is 14.1. The minimum atomic E-state index is -1.03. The number of hydrogen-bond acceptors (Lipinski definition) is 2. The van der Waals surface area contributed by atoms with Gasteiger partial charge >= 0.3 is 5.97 Å². The zero-order valence-electron chi connectivity index (χ0n) is 11.3. The topological polar surface area (TPSA) is 40.5 Å². The van der Waals surface area contributed by atoms with Gasteiger partial charge in [0.15, 0.2) is 0 Å². The van der Waals surface area contributed by atoms with Gasteiger partial charge in [-0.25, -0.2) is 9.18 Å². The maximum absolute atomic E-state index is 14.1. The van der Waals surface area contributed by atoms with Crippen molar-refractivity contribution in [2.45, 2.75) is 31.8 Å². The number of rotatable bonds is 4. The lowest BCUT2D eigenvalue weighted by molar-refractivity contribution is -0.131. The molecule has 0 amide bonds. The van der Waals surface area contributed by atoms with E-state index in [0.717, 1.165) is 18.5 Å². The Morgan fingerprint density at radius 1 is 1.45 bits per heavy atom. The first-order chi connectivity index (χ1) is 9.61. The average Bonchev–Trinajstić information content (AvgIpc) is 3.01. The molecule has 0 radical (unpaired) electrons. The number of piperidine rings is 1. The van der Waals surface area contributed by atoms with E-state index in [2.05, 4.69) is 4.90 Å². The molecule has 0 spiro atoms. The Hall–Kier alpha value is -1.68. The van der Waals surface area contributed by atoms with Crippen molar-refractivity contribution in [1.29, 1.82) is 0 Å². The van der Waals surface area contributed by atoms with Crippen LogP contribution in [-0.4, -0.2) is 28.6 Å². The molecule has 2 fully saturated rings. The van der Waals surface area contributed by atoms with Crippen molar-refractivity contribution in [1.82, 2.24) is 4.90 Å². The molecule has 0 aromatic heterocycles. The molecule has 2 bridgehead atoms. The van der Waals surface area contributed by atoms with Crippen molar-refractivity contribution >= 4 is 12.0 Å². The standard InChI is InChI=1S/C16H18FNO2/c17-15-8-11(3-6-16(19)20)1-4-13(15)10-18-9-12-2-5-14(18)7-12/h1,3-4,6,8,12,14H,2,5,7,9-10H2,(H,19,20). The van der Waals surface area contributed by atoms with E-state index in [0.29, 0.717) is 23.7 Å². The van der Waals surface area contributed by atoms with Gasteiger partial charge in [0.25, 0.3) is 0 Å². The van der Waals surface area contributed by atoms with Crippen LogP contribution >= 0.6 is 0 Å². The van der Waals surface area contributed by atoms with Gasteiger partial charge < -0.3 is 5.11 Å². The number of fused-ring (bicyclic) bond motifs is 2. The Morgan fingerprint density at radius 3 is 2.90 bits per heavy atom. The third-order valence-electron chi connectivity index (χ3n) is 4.39. The van der Waals surface area contributed by atoms with Gasteiger partial charge in [-0.3, -0.25) is 4.90 Å². The third-order valence-corrected chi connectivity index (χ3v) is 4.39. The van der Waals surface area contributed by atoms with E-state index in [1.165, 1.54) is 31.4 Å². The van der Waals surface area contributed by atoms with E-state index in [9.17, 15) is 9.18 Å². The fourth-order valence-corrected chi connectivity index (χ4v) is 3.40. The molecule has 3 nitrogen and oxygen atoms in total.